The maximum absolute atomic E-state index is 12.6. The van der Waals surface area contributed by atoms with Gasteiger partial charge in [0.15, 0.2) is 6.10 Å². The molecule has 4 N–H and O–H groups in total. The SMILES string of the molecule is CC/C=C\C/C=C\C/C=C\CCCCCC(=O)OC(COC(=O)CCCCCCCCCCCCC/C=C\CCCCCCCCCC)COP(=O)(O)OCC(N)C(=O)O. The summed E-state index contributed by atoms with van der Waals surface area (Å²) in [5.41, 5.74) is 5.33. The molecule has 0 aliphatic carbocycles. The van der Waals surface area contributed by atoms with Gasteiger partial charge in [-0.25, -0.2) is 4.57 Å². The quantitative estimate of drug-likeness (QED) is 0.0230. The summed E-state index contributed by atoms with van der Waals surface area (Å²) < 4.78 is 32.7. The number of rotatable bonds is 44. The third-order valence-electron chi connectivity index (χ3n) is 10.1. The number of unbranched alkanes of at least 4 members (excludes halogenated alkanes) is 22. The minimum Gasteiger partial charge on any atom is -0.480 e. The molecule has 0 amide bonds. The van der Waals surface area contributed by atoms with Gasteiger partial charge in [-0.3, -0.25) is 23.4 Å². The minimum absolute atomic E-state index is 0.125. The van der Waals surface area contributed by atoms with Crippen LogP contribution in [0.1, 0.15) is 206 Å². The van der Waals surface area contributed by atoms with E-state index in [1.165, 1.54) is 109 Å². The molecule has 3 atom stereocenters. The van der Waals surface area contributed by atoms with Crippen LogP contribution in [0.3, 0.4) is 0 Å². The summed E-state index contributed by atoms with van der Waals surface area (Å²) in [6, 6.07) is -1.53. The number of phosphoric ester groups is 1. The monoisotopic (exact) mass is 868 g/mol. The van der Waals surface area contributed by atoms with Gasteiger partial charge in [0, 0.05) is 12.8 Å². The fraction of sp³-hybridized carbons (Fsp3) is 0.771. The first kappa shape index (κ1) is 57.4. The molecule has 60 heavy (non-hydrogen) atoms. The van der Waals surface area contributed by atoms with Crippen molar-refractivity contribution in [3.63, 3.8) is 0 Å². The number of carboxylic acid groups (broad SMARTS) is 1. The molecule has 11 nitrogen and oxygen atoms in total. The highest BCUT2D eigenvalue weighted by atomic mass is 31.2. The van der Waals surface area contributed by atoms with E-state index in [2.05, 4.69) is 67.0 Å². The standard InChI is InChI=1S/C48H86NO10P/c1-3-5-7-9-11-13-15-17-18-19-20-21-22-23-24-25-26-28-29-31-33-35-37-39-46(50)56-41-44(42-57-60(54,55)58-43-45(49)48(52)53)59-47(51)40-38-36-34-32-30-27-16-14-12-10-8-6-4-2/h6,8,12,14,19-20,27,30,44-45H,3-5,7,9-11,13,15-18,21-26,28-29,31-43,49H2,1-2H3,(H,52,53)(H,54,55)/b8-6-,14-12-,20-19-,30-27-. The van der Waals surface area contributed by atoms with Crippen LogP contribution < -0.4 is 5.73 Å². The third-order valence-corrected chi connectivity index (χ3v) is 11.0. The number of hydrogen-bond donors (Lipinski definition) is 3. The van der Waals surface area contributed by atoms with Crippen LogP contribution >= 0.6 is 7.82 Å². The van der Waals surface area contributed by atoms with Crippen LogP contribution in [0.5, 0.6) is 0 Å². The zero-order valence-corrected chi connectivity index (χ0v) is 38.7. The van der Waals surface area contributed by atoms with Gasteiger partial charge in [-0.05, 0) is 70.6 Å². The lowest BCUT2D eigenvalue weighted by Gasteiger charge is -2.20. The van der Waals surface area contributed by atoms with E-state index in [0.717, 1.165) is 57.8 Å². The molecule has 0 spiro atoms. The molecule has 0 bridgehead atoms. The fourth-order valence-electron chi connectivity index (χ4n) is 6.37. The fourth-order valence-corrected chi connectivity index (χ4v) is 7.15. The molecule has 0 aromatic rings. The molecular formula is C48H86NO10P. The number of aliphatic carboxylic acids is 1. The first-order chi connectivity index (χ1) is 29.1. The van der Waals surface area contributed by atoms with Crippen molar-refractivity contribution in [1.29, 1.82) is 0 Å². The zero-order valence-electron chi connectivity index (χ0n) is 37.8. The van der Waals surface area contributed by atoms with Gasteiger partial charge in [-0.2, -0.15) is 0 Å². The van der Waals surface area contributed by atoms with Gasteiger partial charge in [0.25, 0.3) is 0 Å². The Bertz CT molecular complexity index is 1200. The first-order valence-electron chi connectivity index (χ1n) is 23.7. The summed E-state index contributed by atoms with van der Waals surface area (Å²) in [5, 5.41) is 8.89. The van der Waals surface area contributed by atoms with E-state index in [9.17, 15) is 23.8 Å². The van der Waals surface area contributed by atoms with Gasteiger partial charge in [-0.15, -0.1) is 0 Å². The van der Waals surface area contributed by atoms with Crippen molar-refractivity contribution in [3.8, 4) is 0 Å². The van der Waals surface area contributed by atoms with Crippen molar-refractivity contribution < 1.29 is 47.5 Å². The van der Waals surface area contributed by atoms with Crippen molar-refractivity contribution >= 4 is 25.7 Å². The number of ether oxygens (including phenoxy) is 2. The number of carbonyl (C=O) groups is 3. The molecule has 0 aliphatic heterocycles. The topological polar surface area (TPSA) is 172 Å². The molecule has 0 heterocycles. The van der Waals surface area contributed by atoms with Gasteiger partial charge >= 0.3 is 25.7 Å². The van der Waals surface area contributed by atoms with E-state index < -0.39 is 51.1 Å². The maximum atomic E-state index is 12.6. The number of allylic oxidation sites excluding steroid dienone is 8. The Morgan fingerprint density at radius 3 is 1.43 bits per heavy atom. The molecule has 3 unspecified atom stereocenters. The minimum atomic E-state index is -4.73. The lowest BCUT2D eigenvalue weighted by atomic mass is 10.0. The van der Waals surface area contributed by atoms with E-state index >= 15 is 0 Å². The number of hydrogen-bond acceptors (Lipinski definition) is 9. The molecule has 0 rings (SSSR count). The predicted octanol–water partition coefficient (Wildman–Crippen LogP) is 13.0. The Balaban J connectivity index is 4.23. The molecule has 0 saturated carbocycles. The molecular weight excluding hydrogens is 781 g/mol. The van der Waals surface area contributed by atoms with Crippen LogP contribution in [0.4, 0.5) is 0 Å². The van der Waals surface area contributed by atoms with Crippen LogP contribution in [-0.2, 0) is 37.5 Å². The second kappa shape index (κ2) is 43.1. The number of carboxylic acids is 1. The Hall–Kier alpha value is -2.56. The third kappa shape index (κ3) is 42.1. The van der Waals surface area contributed by atoms with Gasteiger partial charge in [0.2, 0.25) is 0 Å². The number of nitrogens with two attached hydrogens (primary N) is 1. The molecule has 0 aromatic carbocycles. The van der Waals surface area contributed by atoms with Gasteiger partial charge in [0.05, 0.1) is 13.2 Å². The first-order valence-corrected chi connectivity index (χ1v) is 25.2. The number of carbonyl (C=O) groups excluding carboxylic acids is 2. The lowest BCUT2D eigenvalue weighted by molar-refractivity contribution is -0.161. The predicted molar refractivity (Wildman–Crippen MR) is 245 cm³/mol. The normalized spacial score (nSPS) is 14.1. The van der Waals surface area contributed by atoms with E-state index in [1.54, 1.807) is 0 Å². The van der Waals surface area contributed by atoms with Crippen molar-refractivity contribution in [2.75, 3.05) is 19.8 Å². The smallest absolute Gasteiger partial charge is 0.472 e. The van der Waals surface area contributed by atoms with Crippen LogP contribution in [-0.4, -0.2) is 59.9 Å². The number of phosphoric acid groups is 1. The van der Waals surface area contributed by atoms with Gasteiger partial charge < -0.3 is 25.2 Å². The second-order valence-corrected chi connectivity index (χ2v) is 17.3. The highest BCUT2D eigenvalue weighted by Gasteiger charge is 2.28. The molecule has 0 saturated heterocycles. The van der Waals surface area contributed by atoms with E-state index in [1.807, 2.05) is 0 Å². The van der Waals surface area contributed by atoms with Gasteiger partial charge in [0.1, 0.15) is 12.6 Å². The van der Waals surface area contributed by atoms with Crippen LogP contribution in [0.2, 0.25) is 0 Å². The van der Waals surface area contributed by atoms with E-state index in [4.69, 9.17) is 24.8 Å². The molecule has 0 aliphatic rings. The molecule has 0 radical (unpaired) electrons. The summed E-state index contributed by atoms with van der Waals surface area (Å²) in [6.07, 6.45) is 49.1. The molecule has 12 heteroatoms. The van der Waals surface area contributed by atoms with Crippen molar-refractivity contribution in [2.45, 2.75) is 219 Å². The highest BCUT2D eigenvalue weighted by molar-refractivity contribution is 7.47. The number of esters is 2. The Morgan fingerprint density at radius 1 is 0.533 bits per heavy atom. The summed E-state index contributed by atoms with van der Waals surface area (Å²) in [7, 11) is -4.73. The average Bonchev–Trinajstić information content (AvgIpc) is 3.22. The Morgan fingerprint density at radius 2 is 0.933 bits per heavy atom. The van der Waals surface area contributed by atoms with Crippen molar-refractivity contribution in [1.82, 2.24) is 0 Å². The van der Waals surface area contributed by atoms with Crippen LogP contribution in [0, 0.1) is 0 Å². The van der Waals surface area contributed by atoms with Crippen LogP contribution in [0.15, 0.2) is 48.6 Å². The zero-order chi connectivity index (χ0) is 44.2. The summed E-state index contributed by atoms with van der Waals surface area (Å²) in [5.74, 6) is -2.42. The maximum Gasteiger partial charge on any atom is 0.472 e. The molecule has 348 valence electrons. The highest BCUT2D eigenvalue weighted by Crippen LogP contribution is 2.43. The molecule has 0 aromatic heterocycles. The largest absolute Gasteiger partial charge is 0.480 e. The van der Waals surface area contributed by atoms with Crippen LogP contribution in [0.25, 0.3) is 0 Å². The second-order valence-electron chi connectivity index (χ2n) is 15.9. The average molecular weight is 868 g/mol. The Kier molecular flexibility index (Phi) is 41.3. The summed E-state index contributed by atoms with van der Waals surface area (Å²) >= 11 is 0. The molecule has 0 fully saturated rings. The van der Waals surface area contributed by atoms with Crippen molar-refractivity contribution in [3.05, 3.63) is 48.6 Å². The summed E-state index contributed by atoms with van der Waals surface area (Å²) in [4.78, 5) is 46.0. The van der Waals surface area contributed by atoms with Crippen molar-refractivity contribution in [2.24, 2.45) is 5.73 Å². The van der Waals surface area contributed by atoms with Gasteiger partial charge in [-0.1, -0.05) is 172 Å². The van der Waals surface area contributed by atoms with E-state index in [0.29, 0.717) is 12.8 Å². The van der Waals surface area contributed by atoms with E-state index in [-0.39, 0.29) is 19.4 Å². The Labute approximate surface area is 365 Å². The lowest BCUT2D eigenvalue weighted by Crippen LogP contribution is -2.34. The summed E-state index contributed by atoms with van der Waals surface area (Å²) in [6.45, 7) is 2.67.